The van der Waals surface area contributed by atoms with Gasteiger partial charge >= 0.3 is 5.97 Å². The van der Waals surface area contributed by atoms with E-state index in [4.69, 9.17) is 5.11 Å². The summed E-state index contributed by atoms with van der Waals surface area (Å²) in [6, 6.07) is 6.95. The highest BCUT2D eigenvalue weighted by molar-refractivity contribution is 5.87. The molecule has 0 saturated carbocycles. The Hall–Kier alpha value is -2.69. The van der Waals surface area contributed by atoms with E-state index in [1.807, 2.05) is 12.1 Å². The maximum Gasteiger partial charge on any atom is 0.337 e. The largest absolute Gasteiger partial charge is 0.478 e. The van der Waals surface area contributed by atoms with Gasteiger partial charge in [0.15, 0.2) is 0 Å². The Morgan fingerprint density at radius 1 is 1.11 bits per heavy atom. The molecular formula is C13H9N3O2. The van der Waals surface area contributed by atoms with Gasteiger partial charge in [-0.15, -0.1) is 0 Å². The van der Waals surface area contributed by atoms with Gasteiger partial charge in [0, 0.05) is 30.4 Å². The number of carbonyl (C=O) groups is 1. The number of fused-ring (bicyclic) bond motifs is 1. The molecule has 3 rings (SSSR count). The van der Waals surface area contributed by atoms with Crippen LogP contribution in [0.15, 0.2) is 49.1 Å². The Morgan fingerprint density at radius 2 is 1.89 bits per heavy atom. The fraction of sp³-hybridized carbons (Fsp3) is 0. The van der Waals surface area contributed by atoms with Crippen molar-refractivity contribution in [1.82, 2.24) is 14.4 Å². The summed E-state index contributed by atoms with van der Waals surface area (Å²) in [5.74, 6) is -0.948. The lowest BCUT2D eigenvalue weighted by molar-refractivity contribution is 0.0696. The number of pyridine rings is 2. The average Bonchev–Trinajstić information content (AvgIpc) is 2.82. The molecule has 3 heterocycles. The minimum absolute atomic E-state index is 0.237. The molecular weight excluding hydrogens is 230 g/mol. The summed E-state index contributed by atoms with van der Waals surface area (Å²) in [7, 11) is 0. The summed E-state index contributed by atoms with van der Waals surface area (Å²) >= 11 is 0. The van der Waals surface area contributed by atoms with Crippen LogP contribution in [0.25, 0.3) is 16.9 Å². The third kappa shape index (κ3) is 1.71. The van der Waals surface area contributed by atoms with Gasteiger partial charge in [-0.25, -0.2) is 9.78 Å². The maximum absolute atomic E-state index is 10.9. The first kappa shape index (κ1) is 10.5. The minimum atomic E-state index is -0.948. The number of aromatic carboxylic acids is 1. The zero-order chi connectivity index (χ0) is 12.5. The summed E-state index contributed by atoms with van der Waals surface area (Å²) < 4.78 is 1.71. The molecule has 0 unspecified atom stereocenters. The molecule has 5 heteroatoms. The number of rotatable bonds is 2. The molecule has 3 aromatic heterocycles. The van der Waals surface area contributed by atoms with Gasteiger partial charge in [0.1, 0.15) is 5.65 Å². The third-order valence-corrected chi connectivity index (χ3v) is 2.67. The minimum Gasteiger partial charge on any atom is -0.478 e. The average molecular weight is 239 g/mol. The molecule has 0 fully saturated rings. The molecule has 18 heavy (non-hydrogen) atoms. The van der Waals surface area contributed by atoms with Crippen molar-refractivity contribution in [2.75, 3.05) is 0 Å². The lowest BCUT2D eigenvalue weighted by Crippen LogP contribution is -1.97. The van der Waals surface area contributed by atoms with E-state index < -0.39 is 5.97 Å². The molecule has 0 aliphatic carbocycles. The van der Waals surface area contributed by atoms with E-state index in [0.717, 1.165) is 11.3 Å². The highest BCUT2D eigenvalue weighted by atomic mass is 16.4. The van der Waals surface area contributed by atoms with Crippen LogP contribution in [0.2, 0.25) is 0 Å². The van der Waals surface area contributed by atoms with Crippen LogP contribution in [0, 0.1) is 0 Å². The number of carboxylic acid groups (broad SMARTS) is 1. The lowest BCUT2D eigenvalue weighted by Gasteiger charge is -1.95. The first-order chi connectivity index (χ1) is 8.74. The topological polar surface area (TPSA) is 67.5 Å². The SMILES string of the molecule is O=C(O)c1ccc2nc(-c3ccncc3)cn2c1. The Labute approximate surface area is 102 Å². The predicted molar refractivity (Wildman–Crippen MR) is 65.4 cm³/mol. The van der Waals surface area contributed by atoms with Crippen molar-refractivity contribution >= 4 is 11.6 Å². The van der Waals surface area contributed by atoms with Gasteiger partial charge in [0.25, 0.3) is 0 Å². The number of nitrogens with zero attached hydrogens (tertiary/aromatic N) is 3. The molecule has 0 radical (unpaired) electrons. The van der Waals surface area contributed by atoms with Crippen LogP contribution in [0.1, 0.15) is 10.4 Å². The molecule has 5 nitrogen and oxygen atoms in total. The first-order valence-electron chi connectivity index (χ1n) is 5.36. The van der Waals surface area contributed by atoms with Gasteiger partial charge in [0.2, 0.25) is 0 Å². The van der Waals surface area contributed by atoms with Crippen LogP contribution in [0.5, 0.6) is 0 Å². The monoisotopic (exact) mass is 239 g/mol. The van der Waals surface area contributed by atoms with Gasteiger partial charge in [-0.2, -0.15) is 0 Å². The fourth-order valence-corrected chi connectivity index (χ4v) is 1.78. The van der Waals surface area contributed by atoms with Gasteiger partial charge in [-0.05, 0) is 24.3 Å². The van der Waals surface area contributed by atoms with E-state index in [1.165, 1.54) is 0 Å². The third-order valence-electron chi connectivity index (χ3n) is 2.67. The Bertz CT molecular complexity index is 719. The molecule has 0 aromatic carbocycles. The smallest absolute Gasteiger partial charge is 0.337 e. The van der Waals surface area contributed by atoms with Gasteiger partial charge in [-0.3, -0.25) is 4.98 Å². The van der Waals surface area contributed by atoms with Crippen molar-refractivity contribution in [3.05, 3.63) is 54.6 Å². The van der Waals surface area contributed by atoms with Crippen LogP contribution in [-0.2, 0) is 0 Å². The van der Waals surface area contributed by atoms with Crippen LogP contribution < -0.4 is 0 Å². The zero-order valence-electron chi connectivity index (χ0n) is 9.32. The second-order valence-electron chi connectivity index (χ2n) is 3.85. The standard InChI is InChI=1S/C13H9N3O2/c17-13(18)10-1-2-12-15-11(8-16(12)7-10)9-3-5-14-6-4-9/h1-8H,(H,17,18). The maximum atomic E-state index is 10.9. The van der Waals surface area contributed by atoms with Crippen molar-refractivity contribution < 1.29 is 9.90 Å². The first-order valence-corrected chi connectivity index (χ1v) is 5.36. The lowest BCUT2D eigenvalue weighted by atomic mass is 10.2. The van der Waals surface area contributed by atoms with Crippen molar-refractivity contribution in [3.63, 3.8) is 0 Å². The summed E-state index contributed by atoms with van der Waals surface area (Å²) in [5.41, 5.74) is 2.69. The van der Waals surface area contributed by atoms with Crippen molar-refractivity contribution in [1.29, 1.82) is 0 Å². The predicted octanol–water partition coefficient (Wildman–Crippen LogP) is 2.09. The van der Waals surface area contributed by atoms with E-state index in [0.29, 0.717) is 5.65 Å². The summed E-state index contributed by atoms with van der Waals surface area (Å²) in [4.78, 5) is 19.3. The van der Waals surface area contributed by atoms with Crippen LogP contribution >= 0.6 is 0 Å². The van der Waals surface area contributed by atoms with Gasteiger partial charge < -0.3 is 9.51 Å². The Balaban J connectivity index is 2.14. The quantitative estimate of drug-likeness (QED) is 0.743. The van der Waals surface area contributed by atoms with Crippen LogP contribution in [0.3, 0.4) is 0 Å². The molecule has 1 N–H and O–H groups in total. The van der Waals surface area contributed by atoms with E-state index >= 15 is 0 Å². The fourth-order valence-electron chi connectivity index (χ4n) is 1.78. The number of hydrogen-bond donors (Lipinski definition) is 1. The molecule has 3 aromatic rings. The second-order valence-corrected chi connectivity index (χ2v) is 3.85. The van der Waals surface area contributed by atoms with Gasteiger partial charge in [0.05, 0.1) is 11.3 Å². The highest BCUT2D eigenvalue weighted by Gasteiger charge is 2.07. The normalized spacial score (nSPS) is 10.7. The molecule has 0 aliphatic heterocycles. The Morgan fingerprint density at radius 3 is 2.61 bits per heavy atom. The summed E-state index contributed by atoms with van der Waals surface area (Å²) in [6.07, 6.45) is 6.75. The number of aromatic nitrogens is 3. The number of hydrogen-bond acceptors (Lipinski definition) is 3. The Kier molecular flexibility index (Phi) is 2.30. The molecule has 88 valence electrons. The summed E-state index contributed by atoms with van der Waals surface area (Å²) in [5, 5.41) is 8.93. The van der Waals surface area contributed by atoms with Crippen LogP contribution in [-0.4, -0.2) is 25.4 Å². The van der Waals surface area contributed by atoms with E-state index in [-0.39, 0.29) is 5.56 Å². The van der Waals surface area contributed by atoms with Crippen molar-refractivity contribution in [2.24, 2.45) is 0 Å². The van der Waals surface area contributed by atoms with Crippen LogP contribution in [0.4, 0.5) is 0 Å². The second kappa shape index (κ2) is 3.96. The summed E-state index contributed by atoms with van der Waals surface area (Å²) in [6.45, 7) is 0. The van der Waals surface area contributed by atoms with Crippen molar-refractivity contribution in [2.45, 2.75) is 0 Å². The highest BCUT2D eigenvalue weighted by Crippen LogP contribution is 2.18. The van der Waals surface area contributed by atoms with Crippen molar-refractivity contribution in [3.8, 4) is 11.3 Å². The van der Waals surface area contributed by atoms with E-state index in [1.54, 1.807) is 41.3 Å². The molecule has 0 saturated heterocycles. The van der Waals surface area contributed by atoms with E-state index in [2.05, 4.69) is 9.97 Å². The zero-order valence-corrected chi connectivity index (χ0v) is 9.32. The number of imidazole rings is 1. The number of carboxylic acids is 1. The molecule has 0 atom stereocenters. The van der Waals surface area contributed by atoms with E-state index in [9.17, 15) is 4.79 Å². The molecule has 0 spiro atoms. The van der Waals surface area contributed by atoms with Gasteiger partial charge in [-0.1, -0.05) is 0 Å². The molecule has 0 aliphatic rings. The molecule has 0 amide bonds. The molecule has 0 bridgehead atoms.